The summed E-state index contributed by atoms with van der Waals surface area (Å²) >= 11 is 0. The fraction of sp³-hybridized carbons (Fsp3) is 0.429. The lowest BCUT2D eigenvalue weighted by Crippen LogP contribution is -2.57. The smallest absolute Gasteiger partial charge is 0.328 e. The third kappa shape index (κ3) is 3.35. The van der Waals surface area contributed by atoms with E-state index in [9.17, 15) is 19.5 Å². The van der Waals surface area contributed by atoms with Crippen molar-refractivity contribution in [2.24, 2.45) is 0 Å². The van der Waals surface area contributed by atoms with Crippen molar-refractivity contribution in [3.63, 3.8) is 0 Å². The first-order valence-corrected chi connectivity index (χ1v) is 9.96. The van der Waals surface area contributed by atoms with Crippen molar-refractivity contribution < 1.29 is 23.9 Å². The molecule has 1 aromatic carbocycles. The Balaban J connectivity index is 1.57. The summed E-state index contributed by atoms with van der Waals surface area (Å²) in [5.74, 6) is -0.140. The Hall–Kier alpha value is -3.20. The van der Waals surface area contributed by atoms with Crippen LogP contribution in [-0.4, -0.2) is 74.4 Å². The maximum Gasteiger partial charge on any atom is 0.328 e. The monoisotopic (exact) mass is 412 g/mol. The quantitative estimate of drug-likeness (QED) is 0.744. The van der Waals surface area contributed by atoms with Crippen LogP contribution in [0.25, 0.3) is 0 Å². The SMILES string of the molecule is Cc1nc(C(=O)N2CCC3(CC2)C(=O)N(CCO)C(=O)N3Cc2ccccc2)co1. The van der Waals surface area contributed by atoms with Crippen molar-refractivity contribution in [1.29, 1.82) is 0 Å². The number of piperidine rings is 1. The molecule has 3 heterocycles. The van der Waals surface area contributed by atoms with Gasteiger partial charge >= 0.3 is 6.03 Å². The average Bonchev–Trinajstić information content (AvgIpc) is 3.27. The van der Waals surface area contributed by atoms with Crippen LogP contribution in [0.5, 0.6) is 0 Å². The summed E-state index contributed by atoms with van der Waals surface area (Å²) in [5.41, 5.74) is 0.138. The molecule has 9 heteroatoms. The topological polar surface area (TPSA) is 107 Å². The molecule has 4 rings (SSSR count). The highest BCUT2D eigenvalue weighted by Crippen LogP contribution is 2.38. The second-order valence-electron chi connectivity index (χ2n) is 7.61. The zero-order valence-corrected chi connectivity index (χ0v) is 16.8. The number of β-amino-alcohol motifs (C(OH)–C–C–N with tert-alkyl or cyclic N) is 1. The van der Waals surface area contributed by atoms with Crippen LogP contribution >= 0.6 is 0 Å². The molecule has 2 fully saturated rings. The van der Waals surface area contributed by atoms with Crippen LogP contribution in [0.15, 0.2) is 41.0 Å². The fourth-order valence-electron chi connectivity index (χ4n) is 4.25. The number of likely N-dealkylation sites (tertiary alicyclic amines) is 1. The number of amides is 4. The zero-order valence-electron chi connectivity index (χ0n) is 16.8. The number of aliphatic hydroxyl groups is 1. The van der Waals surface area contributed by atoms with Gasteiger partial charge < -0.3 is 19.3 Å². The van der Waals surface area contributed by atoms with Gasteiger partial charge in [0.2, 0.25) is 0 Å². The Morgan fingerprint density at radius 3 is 2.50 bits per heavy atom. The summed E-state index contributed by atoms with van der Waals surface area (Å²) < 4.78 is 5.13. The predicted molar refractivity (Wildman–Crippen MR) is 105 cm³/mol. The van der Waals surface area contributed by atoms with Gasteiger partial charge in [-0.15, -0.1) is 0 Å². The number of hydrogen-bond donors (Lipinski definition) is 1. The molecule has 0 unspecified atom stereocenters. The van der Waals surface area contributed by atoms with Gasteiger partial charge in [-0.2, -0.15) is 0 Å². The molecule has 0 aliphatic carbocycles. The molecular formula is C21H24N4O5. The molecule has 1 N–H and O–H groups in total. The van der Waals surface area contributed by atoms with E-state index in [1.165, 1.54) is 6.26 Å². The molecule has 9 nitrogen and oxygen atoms in total. The summed E-state index contributed by atoms with van der Waals surface area (Å²) in [6.07, 6.45) is 1.99. The number of carbonyl (C=O) groups excluding carboxylic acids is 3. The van der Waals surface area contributed by atoms with E-state index < -0.39 is 11.6 Å². The molecule has 0 atom stereocenters. The molecule has 30 heavy (non-hydrogen) atoms. The van der Waals surface area contributed by atoms with E-state index >= 15 is 0 Å². The summed E-state index contributed by atoms with van der Waals surface area (Å²) in [5, 5.41) is 9.33. The standard InChI is InChI=1S/C21H24N4O5/c1-15-22-17(14-30-15)18(27)23-9-7-21(8-10-23)19(28)24(11-12-26)20(29)25(21)13-16-5-3-2-4-6-16/h2-6,14,26H,7-13H2,1H3. The normalized spacial score (nSPS) is 18.5. The Morgan fingerprint density at radius 2 is 1.90 bits per heavy atom. The number of hydrogen-bond acceptors (Lipinski definition) is 6. The molecule has 0 saturated carbocycles. The minimum Gasteiger partial charge on any atom is -0.448 e. The highest BCUT2D eigenvalue weighted by atomic mass is 16.3. The van der Waals surface area contributed by atoms with E-state index in [2.05, 4.69) is 4.98 Å². The third-order valence-electron chi connectivity index (χ3n) is 5.84. The van der Waals surface area contributed by atoms with Crippen molar-refractivity contribution in [1.82, 2.24) is 19.7 Å². The van der Waals surface area contributed by atoms with Crippen molar-refractivity contribution >= 4 is 17.8 Å². The van der Waals surface area contributed by atoms with Gasteiger partial charge in [-0.3, -0.25) is 14.5 Å². The number of aromatic nitrogens is 1. The van der Waals surface area contributed by atoms with E-state index in [1.807, 2.05) is 30.3 Å². The number of oxazole rings is 1. The van der Waals surface area contributed by atoms with Crippen LogP contribution in [-0.2, 0) is 11.3 Å². The lowest BCUT2D eigenvalue weighted by molar-refractivity contribution is -0.135. The Morgan fingerprint density at radius 1 is 1.20 bits per heavy atom. The first-order valence-electron chi connectivity index (χ1n) is 9.96. The molecule has 4 amide bonds. The summed E-state index contributed by atoms with van der Waals surface area (Å²) in [7, 11) is 0. The second-order valence-corrected chi connectivity index (χ2v) is 7.61. The number of imide groups is 1. The number of benzene rings is 1. The molecule has 1 spiro atoms. The highest BCUT2D eigenvalue weighted by molar-refractivity contribution is 6.07. The molecule has 0 radical (unpaired) electrons. The minimum absolute atomic E-state index is 0.0361. The van der Waals surface area contributed by atoms with Gasteiger partial charge in [0, 0.05) is 26.6 Å². The van der Waals surface area contributed by atoms with E-state index in [-0.39, 0.29) is 30.7 Å². The lowest BCUT2D eigenvalue weighted by atomic mass is 9.85. The van der Waals surface area contributed by atoms with Crippen LogP contribution in [0.4, 0.5) is 4.79 Å². The average molecular weight is 412 g/mol. The molecule has 0 bridgehead atoms. The molecule has 2 aromatic rings. The molecular weight excluding hydrogens is 388 g/mol. The number of aryl methyl sites for hydroxylation is 1. The van der Waals surface area contributed by atoms with Crippen LogP contribution in [0, 0.1) is 6.92 Å². The summed E-state index contributed by atoms with van der Waals surface area (Å²) in [6, 6.07) is 9.08. The van der Waals surface area contributed by atoms with Gasteiger partial charge in [-0.25, -0.2) is 9.78 Å². The van der Waals surface area contributed by atoms with Crippen LogP contribution in [0.2, 0.25) is 0 Å². The van der Waals surface area contributed by atoms with Gasteiger partial charge in [0.15, 0.2) is 11.6 Å². The fourth-order valence-corrected chi connectivity index (χ4v) is 4.25. The van der Waals surface area contributed by atoms with Crippen LogP contribution < -0.4 is 0 Å². The Kier molecular flexibility index (Phi) is 5.29. The molecule has 2 aliphatic heterocycles. The van der Waals surface area contributed by atoms with Gasteiger partial charge in [0.1, 0.15) is 11.8 Å². The van der Waals surface area contributed by atoms with Gasteiger partial charge in [0.25, 0.3) is 11.8 Å². The number of rotatable bonds is 5. The maximum atomic E-state index is 13.3. The first kappa shape index (κ1) is 20.1. The highest BCUT2D eigenvalue weighted by Gasteiger charge is 2.58. The summed E-state index contributed by atoms with van der Waals surface area (Å²) in [4.78, 5) is 47.4. The molecule has 2 aliphatic rings. The van der Waals surface area contributed by atoms with Crippen molar-refractivity contribution in [3.8, 4) is 0 Å². The third-order valence-corrected chi connectivity index (χ3v) is 5.84. The van der Waals surface area contributed by atoms with Gasteiger partial charge in [-0.05, 0) is 18.4 Å². The number of nitrogens with zero attached hydrogens (tertiary/aromatic N) is 4. The Bertz CT molecular complexity index is 949. The molecule has 158 valence electrons. The van der Waals surface area contributed by atoms with Crippen molar-refractivity contribution in [2.45, 2.75) is 31.8 Å². The number of urea groups is 1. The molecule has 1 aromatic heterocycles. The van der Waals surface area contributed by atoms with Gasteiger partial charge in [-0.1, -0.05) is 30.3 Å². The maximum absolute atomic E-state index is 13.3. The largest absolute Gasteiger partial charge is 0.448 e. The van der Waals surface area contributed by atoms with Crippen molar-refractivity contribution in [2.75, 3.05) is 26.2 Å². The van der Waals surface area contributed by atoms with E-state index in [1.54, 1.807) is 16.7 Å². The van der Waals surface area contributed by atoms with E-state index in [0.717, 1.165) is 10.5 Å². The Labute approximate surface area is 173 Å². The minimum atomic E-state index is -1.02. The van der Waals surface area contributed by atoms with Crippen molar-refractivity contribution in [3.05, 3.63) is 53.7 Å². The van der Waals surface area contributed by atoms with Crippen LogP contribution in [0.1, 0.15) is 34.8 Å². The molecule has 2 saturated heterocycles. The van der Waals surface area contributed by atoms with Crippen LogP contribution in [0.3, 0.4) is 0 Å². The first-order chi connectivity index (χ1) is 14.5. The predicted octanol–water partition coefficient (Wildman–Crippen LogP) is 1.41. The lowest BCUT2D eigenvalue weighted by Gasteiger charge is -2.42. The number of carbonyl (C=O) groups is 3. The summed E-state index contributed by atoms with van der Waals surface area (Å²) in [6.45, 7) is 2.28. The zero-order chi connectivity index (χ0) is 21.3. The second kappa shape index (κ2) is 7.91. The van der Waals surface area contributed by atoms with E-state index in [0.29, 0.717) is 38.4 Å². The number of aliphatic hydroxyl groups excluding tert-OH is 1. The van der Waals surface area contributed by atoms with E-state index in [4.69, 9.17) is 4.42 Å². The van der Waals surface area contributed by atoms with Gasteiger partial charge in [0.05, 0.1) is 13.2 Å².